The van der Waals surface area contributed by atoms with E-state index in [1.807, 2.05) is 13.1 Å². The van der Waals surface area contributed by atoms with Crippen LogP contribution in [-0.2, 0) is 10.2 Å². The Balaban J connectivity index is 1.56. The number of likely N-dealkylation sites (N-methyl/N-ethyl adjacent to an activating group) is 1. The van der Waals surface area contributed by atoms with Gasteiger partial charge in [-0.05, 0) is 31.9 Å². The van der Waals surface area contributed by atoms with Crippen molar-refractivity contribution >= 4 is 23.9 Å². The molecule has 4 heterocycles. The van der Waals surface area contributed by atoms with E-state index in [-0.39, 0.29) is 17.5 Å². The number of amides is 1. The Morgan fingerprint density at radius 2 is 2.10 bits per heavy atom. The lowest BCUT2D eigenvalue weighted by Crippen LogP contribution is -2.65. The van der Waals surface area contributed by atoms with Crippen LogP contribution in [0, 0.1) is 11.3 Å². The van der Waals surface area contributed by atoms with E-state index in [1.54, 1.807) is 23.5 Å². The van der Waals surface area contributed by atoms with Crippen LogP contribution < -0.4 is 9.80 Å². The van der Waals surface area contributed by atoms with Crippen molar-refractivity contribution in [2.24, 2.45) is 0 Å². The molecule has 2 aromatic heterocycles. The van der Waals surface area contributed by atoms with Crippen LogP contribution in [-0.4, -0.2) is 58.5 Å². The largest absolute Gasteiger partial charge is 0.349 e. The van der Waals surface area contributed by atoms with Crippen molar-refractivity contribution in [1.29, 1.82) is 5.26 Å². The molecule has 1 spiro atoms. The highest BCUT2D eigenvalue weighted by Gasteiger charge is 2.52. The lowest BCUT2D eigenvalue weighted by Gasteiger charge is -2.51. The summed E-state index contributed by atoms with van der Waals surface area (Å²) in [6.07, 6.45) is 7.60. The number of nitriles is 1. The second kappa shape index (κ2) is 6.41. The van der Waals surface area contributed by atoms with Gasteiger partial charge in [-0.1, -0.05) is 6.42 Å². The van der Waals surface area contributed by atoms with Gasteiger partial charge in [0.25, 0.3) is 0 Å². The summed E-state index contributed by atoms with van der Waals surface area (Å²) in [5, 5.41) is 9.28. The van der Waals surface area contributed by atoms with E-state index in [1.165, 1.54) is 12.0 Å². The number of anilines is 3. The summed E-state index contributed by atoms with van der Waals surface area (Å²) in [4.78, 5) is 31.2. The quantitative estimate of drug-likeness (QED) is 0.739. The Morgan fingerprint density at radius 3 is 2.76 bits per heavy atom. The minimum absolute atomic E-state index is 0.0393. The number of fused-ring (bicyclic) bond motifs is 2. The first-order chi connectivity index (χ1) is 14.1. The fraction of sp³-hybridized carbons (Fsp3) is 0.476. The predicted molar refractivity (Wildman–Crippen MR) is 108 cm³/mol. The van der Waals surface area contributed by atoms with Gasteiger partial charge in [-0.3, -0.25) is 4.79 Å². The summed E-state index contributed by atoms with van der Waals surface area (Å²) in [5.74, 6) is 2.64. The van der Waals surface area contributed by atoms with Crippen molar-refractivity contribution in [3.8, 4) is 6.07 Å². The highest BCUT2D eigenvalue weighted by Crippen LogP contribution is 2.56. The zero-order chi connectivity index (χ0) is 20.2. The van der Waals surface area contributed by atoms with Gasteiger partial charge in [-0.2, -0.15) is 5.26 Å². The Hall–Kier alpha value is -3.21. The van der Waals surface area contributed by atoms with Crippen molar-refractivity contribution in [3.05, 3.63) is 35.8 Å². The zero-order valence-corrected chi connectivity index (χ0v) is 16.6. The molecule has 5 rings (SSSR count). The molecule has 2 atom stereocenters. The third kappa shape index (κ3) is 2.50. The zero-order valence-electron chi connectivity index (χ0n) is 16.6. The minimum atomic E-state index is 0.0393. The van der Waals surface area contributed by atoms with Crippen molar-refractivity contribution in [3.63, 3.8) is 0 Å². The molecule has 3 aliphatic rings. The fourth-order valence-corrected chi connectivity index (χ4v) is 4.97. The third-order valence-corrected chi connectivity index (χ3v) is 6.91. The van der Waals surface area contributed by atoms with Gasteiger partial charge in [0, 0.05) is 43.4 Å². The highest BCUT2D eigenvalue weighted by molar-refractivity contribution is 5.75. The van der Waals surface area contributed by atoms with E-state index >= 15 is 0 Å². The first kappa shape index (κ1) is 17.9. The smallest absolute Gasteiger partial charge is 0.209 e. The molecule has 0 bridgehead atoms. The molecule has 1 saturated carbocycles. The topological polar surface area (TPSA) is 89.3 Å². The molecule has 0 unspecified atom stereocenters. The number of rotatable bonds is 4. The number of nitrogens with zero attached hydrogens (tertiary/aromatic N) is 7. The van der Waals surface area contributed by atoms with Crippen molar-refractivity contribution in [2.75, 3.05) is 29.9 Å². The second-order valence-corrected chi connectivity index (χ2v) is 8.36. The van der Waals surface area contributed by atoms with Crippen LogP contribution in [0.5, 0.6) is 0 Å². The summed E-state index contributed by atoms with van der Waals surface area (Å²) in [6, 6.07) is 6.14. The molecule has 0 N–H and O–H groups in total. The van der Waals surface area contributed by atoms with Gasteiger partial charge in [0.15, 0.2) is 0 Å². The molecule has 2 aromatic rings. The number of hydrogen-bond donors (Lipinski definition) is 0. The molecule has 2 fully saturated rings. The SMILES string of the molecule is C[C@H]1[C@H](N(C)C=O)CN1c1ncnc2c1C1(CCC1)CN2c1cc(C#N)ccn1. The van der Waals surface area contributed by atoms with E-state index in [9.17, 15) is 10.1 Å². The first-order valence-electron chi connectivity index (χ1n) is 10.0. The lowest BCUT2D eigenvalue weighted by molar-refractivity contribution is -0.119. The number of carbonyl (C=O) groups is 1. The maximum Gasteiger partial charge on any atom is 0.209 e. The van der Waals surface area contributed by atoms with Crippen LogP contribution in [0.1, 0.15) is 37.3 Å². The lowest BCUT2D eigenvalue weighted by atomic mass is 9.65. The number of hydrogen-bond acceptors (Lipinski definition) is 7. The summed E-state index contributed by atoms with van der Waals surface area (Å²) >= 11 is 0. The van der Waals surface area contributed by atoms with Crippen LogP contribution >= 0.6 is 0 Å². The van der Waals surface area contributed by atoms with E-state index in [0.717, 1.165) is 49.8 Å². The molecule has 1 amide bonds. The summed E-state index contributed by atoms with van der Waals surface area (Å²) in [6.45, 7) is 3.73. The Bertz CT molecular complexity index is 1010. The van der Waals surface area contributed by atoms with Crippen LogP contribution in [0.15, 0.2) is 24.7 Å². The van der Waals surface area contributed by atoms with Gasteiger partial charge in [0.2, 0.25) is 6.41 Å². The summed E-state index contributed by atoms with van der Waals surface area (Å²) in [7, 11) is 1.83. The summed E-state index contributed by atoms with van der Waals surface area (Å²) < 4.78 is 0. The molecule has 1 saturated heterocycles. The van der Waals surface area contributed by atoms with Crippen molar-refractivity contribution in [1.82, 2.24) is 19.9 Å². The van der Waals surface area contributed by atoms with Gasteiger partial charge in [0.05, 0.1) is 17.7 Å². The number of aromatic nitrogens is 3. The Labute approximate surface area is 169 Å². The third-order valence-electron chi connectivity index (χ3n) is 6.91. The monoisotopic (exact) mass is 389 g/mol. The van der Waals surface area contributed by atoms with Gasteiger partial charge in [-0.15, -0.1) is 0 Å². The highest BCUT2D eigenvalue weighted by atomic mass is 16.1. The first-order valence-corrected chi connectivity index (χ1v) is 10.0. The summed E-state index contributed by atoms with van der Waals surface area (Å²) in [5.41, 5.74) is 1.84. The Morgan fingerprint density at radius 1 is 1.31 bits per heavy atom. The van der Waals surface area contributed by atoms with Crippen LogP contribution in [0.3, 0.4) is 0 Å². The normalized spacial score (nSPS) is 23.8. The van der Waals surface area contributed by atoms with E-state index < -0.39 is 0 Å². The van der Waals surface area contributed by atoms with Crippen molar-refractivity contribution in [2.45, 2.75) is 43.7 Å². The van der Waals surface area contributed by atoms with Gasteiger partial charge < -0.3 is 14.7 Å². The van der Waals surface area contributed by atoms with E-state index in [4.69, 9.17) is 4.98 Å². The maximum absolute atomic E-state index is 11.2. The molecule has 2 aliphatic heterocycles. The molecule has 8 nitrogen and oxygen atoms in total. The molecule has 0 aromatic carbocycles. The molecule has 29 heavy (non-hydrogen) atoms. The minimum Gasteiger partial charge on any atom is -0.349 e. The van der Waals surface area contributed by atoms with Crippen LogP contribution in [0.4, 0.5) is 17.5 Å². The van der Waals surface area contributed by atoms with Gasteiger partial charge in [-0.25, -0.2) is 15.0 Å². The molecule has 148 valence electrons. The van der Waals surface area contributed by atoms with Crippen LogP contribution in [0.2, 0.25) is 0 Å². The molecular weight excluding hydrogens is 366 g/mol. The number of carbonyl (C=O) groups excluding carboxylic acids is 1. The molecular formula is C21H23N7O. The second-order valence-electron chi connectivity index (χ2n) is 8.36. The van der Waals surface area contributed by atoms with E-state index in [0.29, 0.717) is 5.56 Å². The molecule has 0 radical (unpaired) electrons. The van der Waals surface area contributed by atoms with Crippen LogP contribution in [0.25, 0.3) is 0 Å². The Kier molecular flexibility index (Phi) is 3.95. The average Bonchev–Trinajstić information content (AvgIpc) is 3.09. The molecule has 8 heteroatoms. The van der Waals surface area contributed by atoms with Gasteiger partial charge >= 0.3 is 0 Å². The number of pyridine rings is 1. The molecule has 1 aliphatic carbocycles. The van der Waals surface area contributed by atoms with E-state index in [2.05, 4.69) is 32.8 Å². The maximum atomic E-state index is 11.2. The fourth-order valence-electron chi connectivity index (χ4n) is 4.97. The standard InChI is InChI=1S/C21H23N7O/c1-14-16(26(2)13-29)10-27(14)19-18-20(25-12-24-19)28(11-21(18)5-3-6-21)17-8-15(9-22)4-7-23-17/h4,7-8,12-14,16H,3,5-6,10-11H2,1-2H3/t14-,16+/m0/s1. The average molecular weight is 389 g/mol. The van der Waals surface area contributed by atoms with Crippen molar-refractivity contribution < 1.29 is 4.79 Å². The van der Waals surface area contributed by atoms with Gasteiger partial charge in [0.1, 0.15) is 23.8 Å². The predicted octanol–water partition coefficient (Wildman–Crippen LogP) is 1.98.